The van der Waals surface area contributed by atoms with Crippen molar-refractivity contribution < 1.29 is 9.47 Å². The zero-order valence-electron chi connectivity index (χ0n) is 18.1. The summed E-state index contributed by atoms with van der Waals surface area (Å²) in [6.07, 6.45) is 22.8. The highest BCUT2D eigenvalue weighted by Gasteiger charge is 2.08. The Morgan fingerprint density at radius 1 is 0.741 bits per heavy atom. The van der Waals surface area contributed by atoms with Crippen molar-refractivity contribution in [1.29, 1.82) is 0 Å². The van der Waals surface area contributed by atoms with E-state index in [0.717, 1.165) is 38.9 Å². The van der Waals surface area contributed by atoms with Gasteiger partial charge in [-0.15, -0.1) is 0 Å². The van der Waals surface area contributed by atoms with Gasteiger partial charge in [0.25, 0.3) is 0 Å². The van der Waals surface area contributed by atoms with Gasteiger partial charge >= 0.3 is 0 Å². The first kappa shape index (κ1) is 26.0. The second kappa shape index (κ2) is 23.0. The van der Waals surface area contributed by atoms with Crippen LogP contribution in [0.4, 0.5) is 0 Å². The van der Waals surface area contributed by atoms with Crippen molar-refractivity contribution in [2.24, 2.45) is 0 Å². The number of hydrogen-bond acceptors (Lipinski definition) is 2. The van der Waals surface area contributed by atoms with Crippen LogP contribution in [0.15, 0.2) is 24.8 Å². The Morgan fingerprint density at radius 3 is 1.78 bits per heavy atom. The third-order valence-corrected chi connectivity index (χ3v) is 4.56. The maximum atomic E-state index is 6.01. The first-order chi connectivity index (χ1) is 13.3. The Hall–Kier alpha value is -1.04. The molecule has 156 valence electrons. The van der Waals surface area contributed by atoms with E-state index in [1.165, 1.54) is 64.2 Å². The van der Waals surface area contributed by atoms with Crippen molar-refractivity contribution in [3.63, 3.8) is 0 Å². The minimum atomic E-state index is -0.0757. The van der Waals surface area contributed by atoms with Crippen molar-refractivity contribution in [3.05, 3.63) is 24.8 Å². The van der Waals surface area contributed by atoms with Crippen LogP contribution in [0.25, 0.3) is 0 Å². The second-order valence-electron chi connectivity index (χ2n) is 7.18. The van der Waals surface area contributed by atoms with Gasteiger partial charge in [0, 0.05) is 19.6 Å². The molecule has 0 bridgehead atoms. The van der Waals surface area contributed by atoms with Gasteiger partial charge < -0.3 is 9.47 Å². The number of unbranched alkanes of at least 4 members (excludes halogenated alkanes) is 10. The molecule has 2 nitrogen and oxygen atoms in total. The molecule has 0 atom stereocenters. The summed E-state index contributed by atoms with van der Waals surface area (Å²) in [6.45, 7) is 9.73. The Balaban J connectivity index is 3.94. The molecule has 0 aromatic carbocycles. The Bertz CT molecular complexity index is 371. The Morgan fingerprint density at radius 2 is 1.26 bits per heavy atom. The van der Waals surface area contributed by atoms with Crippen molar-refractivity contribution in [2.45, 2.75) is 110 Å². The summed E-state index contributed by atoms with van der Waals surface area (Å²) < 4.78 is 12.0. The van der Waals surface area contributed by atoms with Crippen LogP contribution in [-0.4, -0.2) is 19.5 Å². The van der Waals surface area contributed by atoms with Crippen LogP contribution in [0.1, 0.15) is 104 Å². The van der Waals surface area contributed by atoms with Crippen LogP contribution < -0.4 is 0 Å². The maximum Gasteiger partial charge on any atom is 0.157 e. The lowest BCUT2D eigenvalue weighted by Crippen LogP contribution is -2.18. The second-order valence-corrected chi connectivity index (χ2v) is 7.18. The first-order valence-electron chi connectivity index (χ1n) is 11.3. The predicted molar refractivity (Wildman–Crippen MR) is 119 cm³/mol. The van der Waals surface area contributed by atoms with E-state index < -0.39 is 0 Å². The summed E-state index contributed by atoms with van der Waals surface area (Å²) in [7, 11) is 0. The van der Waals surface area contributed by atoms with Crippen LogP contribution in [0.5, 0.6) is 0 Å². The fraction of sp³-hybridized carbons (Fsp3) is 0.760. The highest BCUT2D eigenvalue weighted by molar-refractivity contribution is 5.21. The van der Waals surface area contributed by atoms with E-state index in [-0.39, 0.29) is 6.29 Å². The lowest BCUT2D eigenvalue weighted by atomic mass is 10.1. The minimum absolute atomic E-state index is 0.0757. The van der Waals surface area contributed by atoms with Gasteiger partial charge in [-0.1, -0.05) is 103 Å². The summed E-state index contributed by atoms with van der Waals surface area (Å²) in [5.74, 6) is 5.76. The molecule has 0 aliphatic heterocycles. The third-order valence-electron chi connectivity index (χ3n) is 4.56. The van der Waals surface area contributed by atoms with E-state index in [4.69, 9.17) is 9.47 Å². The molecule has 0 aliphatic carbocycles. The lowest BCUT2D eigenvalue weighted by Gasteiger charge is -2.18. The molecule has 0 fully saturated rings. The molecule has 0 N–H and O–H groups in total. The largest absolute Gasteiger partial charge is 0.353 e. The number of ether oxygens (including phenoxy) is 2. The molecule has 0 unspecified atom stereocenters. The molecule has 0 radical (unpaired) electrons. The van der Waals surface area contributed by atoms with Crippen LogP contribution in [-0.2, 0) is 9.47 Å². The average molecular weight is 377 g/mol. The Kier molecular flexibility index (Phi) is 22.1. The van der Waals surface area contributed by atoms with Crippen molar-refractivity contribution in [1.82, 2.24) is 0 Å². The predicted octanol–water partition coefficient (Wildman–Crippen LogP) is 7.59. The topological polar surface area (TPSA) is 18.5 Å². The van der Waals surface area contributed by atoms with Crippen LogP contribution >= 0.6 is 0 Å². The van der Waals surface area contributed by atoms with Gasteiger partial charge in [0.1, 0.15) is 0 Å². The lowest BCUT2D eigenvalue weighted by molar-refractivity contribution is -0.146. The summed E-state index contributed by atoms with van der Waals surface area (Å²) >= 11 is 0. The van der Waals surface area contributed by atoms with Crippen molar-refractivity contribution in [2.75, 3.05) is 13.2 Å². The van der Waals surface area contributed by atoms with E-state index in [1.54, 1.807) is 6.08 Å². The molecule has 0 spiro atoms. The average Bonchev–Trinajstić information content (AvgIpc) is 2.68. The maximum absolute atomic E-state index is 6.01. The zero-order valence-corrected chi connectivity index (χ0v) is 18.1. The van der Waals surface area contributed by atoms with Gasteiger partial charge in [-0.2, -0.15) is 0 Å². The summed E-state index contributed by atoms with van der Waals surface area (Å²) in [5, 5.41) is 0. The monoisotopic (exact) mass is 376 g/mol. The molecule has 0 amide bonds. The molecule has 0 heterocycles. The van der Waals surface area contributed by atoms with Gasteiger partial charge in [0.05, 0.1) is 0 Å². The van der Waals surface area contributed by atoms with Crippen molar-refractivity contribution >= 4 is 0 Å². The van der Waals surface area contributed by atoms with Gasteiger partial charge in [0.15, 0.2) is 6.29 Å². The fourth-order valence-electron chi connectivity index (χ4n) is 2.89. The Labute approximate surface area is 169 Å². The molecule has 0 aromatic heterocycles. The van der Waals surface area contributed by atoms with E-state index in [1.807, 2.05) is 6.08 Å². The van der Waals surface area contributed by atoms with Gasteiger partial charge in [-0.25, -0.2) is 0 Å². The summed E-state index contributed by atoms with van der Waals surface area (Å²) in [5.41, 5.74) is 0. The fourth-order valence-corrected chi connectivity index (χ4v) is 2.89. The van der Waals surface area contributed by atoms with Gasteiger partial charge in [-0.05, 0) is 31.4 Å². The number of rotatable bonds is 19. The van der Waals surface area contributed by atoms with Crippen molar-refractivity contribution in [3.8, 4) is 11.8 Å². The van der Waals surface area contributed by atoms with Crippen LogP contribution in [0.3, 0.4) is 0 Å². The highest BCUT2D eigenvalue weighted by atomic mass is 16.7. The molecule has 0 rings (SSSR count). The smallest absolute Gasteiger partial charge is 0.157 e. The molecular formula is C25H44O2. The molecular weight excluding hydrogens is 332 g/mol. The molecule has 2 heteroatoms. The van der Waals surface area contributed by atoms with Gasteiger partial charge in [-0.3, -0.25) is 0 Å². The van der Waals surface area contributed by atoms with E-state index >= 15 is 0 Å². The third kappa shape index (κ3) is 21.1. The molecule has 0 aliphatic rings. The molecule has 0 aromatic rings. The van der Waals surface area contributed by atoms with E-state index in [2.05, 4.69) is 38.3 Å². The van der Waals surface area contributed by atoms with E-state index in [0.29, 0.717) is 0 Å². The quantitative estimate of drug-likeness (QED) is 0.131. The van der Waals surface area contributed by atoms with Crippen LogP contribution in [0.2, 0.25) is 0 Å². The highest BCUT2D eigenvalue weighted by Crippen LogP contribution is 2.11. The molecule has 0 saturated heterocycles. The minimum Gasteiger partial charge on any atom is -0.353 e. The molecule has 0 saturated carbocycles. The number of allylic oxidation sites excluding steroid dienone is 3. The first-order valence-corrected chi connectivity index (χ1v) is 11.3. The zero-order chi connectivity index (χ0) is 19.8. The number of hydrogen-bond donors (Lipinski definition) is 0. The SMILES string of the molecule is C=CC#C/C=C/CCC(OCCCCCCCC)OCCCCCCCC. The summed E-state index contributed by atoms with van der Waals surface area (Å²) in [4.78, 5) is 0. The normalized spacial score (nSPS) is 11.1. The van der Waals surface area contributed by atoms with E-state index in [9.17, 15) is 0 Å². The molecule has 27 heavy (non-hydrogen) atoms. The van der Waals surface area contributed by atoms with Crippen LogP contribution in [0, 0.1) is 11.8 Å². The van der Waals surface area contributed by atoms with Gasteiger partial charge in [0.2, 0.25) is 0 Å². The standard InChI is InChI=1S/C25H44O2/c1-4-7-10-13-16-19-22-25(26-23-20-17-14-11-8-5-2)27-24-21-18-15-12-9-6-3/h4,13,16,25H,1,5-6,8-9,11-12,14-15,17-24H2,2-3H3/b16-13+. The summed E-state index contributed by atoms with van der Waals surface area (Å²) in [6, 6.07) is 0.